The van der Waals surface area contributed by atoms with Gasteiger partial charge < -0.3 is 15.1 Å². The molecular weight excluding hydrogens is 202 g/mol. The van der Waals surface area contributed by atoms with E-state index in [9.17, 15) is 0 Å². The lowest BCUT2D eigenvalue weighted by molar-refractivity contribution is 0.273. The monoisotopic (exact) mass is 225 g/mol. The summed E-state index contributed by atoms with van der Waals surface area (Å²) in [4.78, 5) is 4.47. The molecule has 0 amide bonds. The quantitative estimate of drug-likeness (QED) is 0.755. The predicted molar refractivity (Wildman–Crippen MR) is 66.1 cm³/mol. The maximum atomic E-state index is 5.53. The van der Waals surface area contributed by atoms with Crippen LogP contribution in [0.1, 0.15) is 17.7 Å². The summed E-state index contributed by atoms with van der Waals surface area (Å²) < 4.78 is 5.42. The molecular formula is C12H23N3O. The van der Waals surface area contributed by atoms with Crippen molar-refractivity contribution < 1.29 is 4.42 Å². The van der Waals surface area contributed by atoms with E-state index in [-0.39, 0.29) is 0 Å². The highest BCUT2D eigenvalue weighted by molar-refractivity contribution is 5.12. The van der Waals surface area contributed by atoms with E-state index in [1.165, 1.54) is 6.42 Å². The van der Waals surface area contributed by atoms with Crippen LogP contribution in [0.4, 0.5) is 0 Å². The zero-order chi connectivity index (χ0) is 12.0. The van der Waals surface area contributed by atoms with Crippen LogP contribution in [0.3, 0.4) is 0 Å². The lowest BCUT2D eigenvalue weighted by Crippen LogP contribution is -2.23. The first-order valence-corrected chi connectivity index (χ1v) is 5.71. The second-order valence-electron chi connectivity index (χ2n) is 4.52. The van der Waals surface area contributed by atoms with Crippen molar-refractivity contribution >= 4 is 0 Å². The molecule has 0 saturated heterocycles. The molecule has 92 valence electrons. The van der Waals surface area contributed by atoms with Gasteiger partial charge in [-0.15, -0.1) is 0 Å². The normalized spacial score (nSPS) is 11.6. The molecule has 0 unspecified atom stereocenters. The summed E-state index contributed by atoms with van der Waals surface area (Å²) in [7, 11) is 6.31. The Bertz CT molecular complexity index is 296. The van der Waals surface area contributed by atoms with E-state index in [0.29, 0.717) is 6.54 Å². The summed E-state index contributed by atoms with van der Waals surface area (Å²) in [5, 5.41) is 0. The minimum Gasteiger partial charge on any atom is -0.468 e. The zero-order valence-electron chi connectivity index (χ0n) is 10.6. The van der Waals surface area contributed by atoms with Gasteiger partial charge in [0.1, 0.15) is 5.76 Å². The van der Waals surface area contributed by atoms with Crippen molar-refractivity contribution in [3.8, 4) is 0 Å². The van der Waals surface area contributed by atoms with Gasteiger partial charge in [0.15, 0.2) is 0 Å². The van der Waals surface area contributed by atoms with Gasteiger partial charge in [-0.05, 0) is 46.7 Å². The molecule has 0 fully saturated rings. The number of rotatable bonds is 7. The maximum absolute atomic E-state index is 5.53. The van der Waals surface area contributed by atoms with Crippen LogP contribution in [0, 0.1) is 0 Å². The fraction of sp³-hybridized carbons (Fsp3) is 0.667. The highest BCUT2D eigenvalue weighted by Gasteiger charge is 2.04. The van der Waals surface area contributed by atoms with E-state index in [1.807, 2.05) is 6.07 Å². The lowest BCUT2D eigenvalue weighted by Gasteiger charge is -2.16. The maximum Gasteiger partial charge on any atom is 0.118 e. The SMILES string of the molecule is CN(C)CCCN(C)Cc1cc(CN)co1. The molecule has 0 saturated carbocycles. The van der Waals surface area contributed by atoms with Crippen LogP contribution in [0.5, 0.6) is 0 Å². The van der Waals surface area contributed by atoms with Gasteiger partial charge in [-0.2, -0.15) is 0 Å². The van der Waals surface area contributed by atoms with Crippen molar-refractivity contribution in [1.82, 2.24) is 9.80 Å². The third kappa shape index (κ3) is 4.79. The molecule has 1 aromatic rings. The Morgan fingerprint density at radius 3 is 2.56 bits per heavy atom. The molecule has 1 rings (SSSR count). The van der Waals surface area contributed by atoms with Crippen LogP contribution in [0.15, 0.2) is 16.7 Å². The van der Waals surface area contributed by atoms with E-state index in [1.54, 1.807) is 6.26 Å². The molecule has 16 heavy (non-hydrogen) atoms. The largest absolute Gasteiger partial charge is 0.468 e. The molecule has 1 aromatic heterocycles. The first-order valence-electron chi connectivity index (χ1n) is 5.71. The molecule has 0 spiro atoms. The van der Waals surface area contributed by atoms with Crippen LogP contribution in [0.2, 0.25) is 0 Å². The summed E-state index contributed by atoms with van der Waals surface area (Å²) >= 11 is 0. The molecule has 0 aliphatic carbocycles. The van der Waals surface area contributed by atoms with Gasteiger partial charge in [-0.25, -0.2) is 0 Å². The second-order valence-corrected chi connectivity index (χ2v) is 4.52. The van der Waals surface area contributed by atoms with Gasteiger partial charge in [0.05, 0.1) is 12.8 Å². The van der Waals surface area contributed by atoms with Crippen molar-refractivity contribution in [3.63, 3.8) is 0 Å². The van der Waals surface area contributed by atoms with Crippen LogP contribution in [-0.2, 0) is 13.1 Å². The van der Waals surface area contributed by atoms with E-state index >= 15 is 0 Å². The van der Waals surface area contributed by atoms with Gasteiger partial charge in [-0.3, -0.25) is 4.90 Å². The molecule has 1 heterocycles. The van der Waals surface area contributed by atoms with Crippen LogP contribution in [-0.4, -0.2) is 44.0 Å². The molecule has 0 bridgehead atoms. The van der Waals surface area contributed by atoms with Crippen molar-refractivity contribution in [2.45, 2.75) is 19.5 Å². The number of hydrogen-bond acceptors (Lipinski definition) is 4. The average Bonchev–Trinajstić information content (AvgIpc) is 2.65. The van der Waals surface area contributed by atoms with Crippen molar-refractivity contribution in [1.29, 1.82) is 0 Å². The molecule has 2 N–H and O–H groups in total. The topological polar surface area (TPSA) is 45.6 Å². The number of hydrogen-bond donors (Lipinski definition) is 1. The van der Waals surface area contributed by atoms with Crippen molar-refractivity contribution in [2.75, 3.05) is 34.2 Å². The third-order valence-electron chi connectivity index (χ3n) is 2.51. The van der Waals surface area contributed by atoms with Gasteiger partial charge in [-0.1, -0.05) is 0 Å². The zero-order valence-corrected chi connectivity index (χ0v) is 10.6. The Balaban J connectivity index is 2.25. The standard InChI is InChI=1S/C12H23N3O/c1-14(2)5-4-6-15(3)9-12-7-11(8-13)10-16-12/h7,10H,4-6,8-9,13H2,1-3H3. The van der Waals surface area contributed by atoms with E-state index in [2.05, 4.69) is 30.9 Å². The van der Waals surface area contributed by atoms with Crippen LogP contribution >= 0.6 is 0 Å². The van der Waals surface area contributed by atoms with E-state index < -0.39 is 0 Å². The number of nitrogens with two attached hydrogens (primary N) is 1. The molecule has 0 aromatic carbocycles. The van der Waals surface area contributed by atoms with E-state index in [0.717, 1.165) is 31.0 Å². The fourth-order valence-corrected chi connectivity index (χ4v) is 1.62. The molecule has 0 radical (unpaired) electrons. The highest BCUT2D eigenvalue weighted by Crippen LogP contribution is 2.09. The molecule has 4 nitrogen and oxygen atoms in total. The summed E-state index contributed by atoms with van der Waals surface area (Å²) in [5.74, 6) is 0.993. The summed E-state index contributed by atoms with van der Waals surface area (Å²) in [6.45, 7) is 3.61. The Kier molecular flexibility index (Phi) is 5.52. The van der Waals surface area contributed by atoms with Crippen molar-refractivity contribution in [3.05, 3.63) is 23.7 Å². The minimum atomic E-state index is 0.549. The van der Waals surface area contributed by atoms with E-state index in [4.69, 9.17) is 10.2 Å². The summed E-state index contributed by atoms with van der Waals surface area (Å²) in [6.07, 6.45) is 2.91. The number of furan rings is 1. The molecule has 0 aliphatic rings. The summed E-state index contributed by atoms with van der Waals surface area (Å²) in [5.41, 5.74) is 6.59. The van der Waals surface area contributed by atoms with Crippen molar-refractivity contribution in [2.24, 2.45) is 5.73 Å². The van der Waals surface area contributed by atoms with Gasteiger partial charge in [0.2, 0.25) is 0 Å². The average molecular weight is 225 g/mol. The first-order chi connectivity index (χ1) is 7.61. The smallest absolute Gasteiger partial charge is 0.118 e. The van der Waals surface area contributed by atoms with Crippen LogP contribution < -0.4 is 5.73 Å². The Labute approximate surface area is 98.0 Å². The Hall–Kier alpha value is -0.840. The highest BCUT2D eigenvalue weighted by atomic mass is 16.3. The van der Waals surface area contributed by atoms with Gasteiger partial charge >= 0.3 is 0 Å². The lowest BCUT2D eigenvalue weighted by atomic mass is 10.3. The third-order valence-corrected chi connectivity index (χ3v) is 2.51. The van der Waals surface area contributed by atoms with Gasteiger partial charge in [0.25, 0.3) is 0 Å². The first kappa shape index (κ1) is 13.2. The minimum absolute atomic E-state index is 0.549. The Morgan fingerprint density at radius 1 is 1.25 bits per heavy atom. The molecule has 0 aliphatic heterocycles. The molecule has 4 heteroatoms. The predicted octanol–water partition coefficient (Wildman–Crippen LogP) is 1.12. The Morgan fingerprint density at radius 2 is 2.00 bits per heavy atom. The second kappa shape index (κ2) is 6.68. The van der Waals surface area contributed by atoms with Gasteiger partial charge in [0, 0.05) is 12.1 Å². The molecule has 0 atom stereocenters. The number of nitrogens with zero attached hydrogens (tertiary/aromatic N) is 2. The summed E-state index contributed by atoms with van der Waals surface area (Å²) in [6, 6.07) is 2.03. The fourth-order valence-electron chi connectivity index (χ4n) is 1.62. The van der Waals surface area contributed by atoms with Crippen LogP contribution in [0.25, 0.3) is 0 Å².